The molecule has 7 heteroatoms. The summed E-state index contributed by atoms with van der Waals surface area (Å²) in [7, 11) is 0. The maximum Gasteiger partial charge on any atom is 0.329 e. The van der Waals surface area contributed by atoms with E-state index in [1.165, 1.54) is 6.21 Å². The van der Waals surface area contributed by atoms with E-state index in [0.717, 1.165) is 5.56 Å². The van der Waals surface area contributed by atoms with Crippen LogP contribution in [0.15, 0.2) is 47.6 Å². The van der Waals surface area contributed by atoms with Crippen molar-refractivity contribution < 1.29 is 19.1 Å². The number of benzene rings is 2. The number of amides is 2. The van der Waals surface area contributed by atoms with Crippen molar-refractivity contribution >= 4 is 23.7 Å². The Bertz CT molecular complexity index is 844. The molecule has 0 radical (unpaired) electrons. The van der Waals surface area contributed by atoms with Crippen LogP contribution in [0.5, 0.6) is 11.5 Å². The molecule has 0 saturated carbocycles. The molecule has 0 saturated heterocycles. The second-order valence-corrected chi connectivity index (χ2v) is 6.04. The number of rotatable bonds is 4. The molecular formula is C19H19N3O4. The van der Waals surface area contributed by atoms with E-state index in [2.05, 4.69) is 29.7 Å². The molecule has 2 amide bonds. The summed E-state index contributed by atoms with van der Waals surface area (Å²) in [6, 6.07) is 12.6. The highest BCUT2D eigenvalue weighted by Crippen LogP contribution is 2.31. The number of hydrazone groups is 1. The van der Waals surface area contributed by atoms with Crippen molar-refractivity contribution in [2.75, 3.05) is 12.1 Å². The van der Waals surface area contributed by atoms with E-state index < -0.39 is 11.8 Å². The minimum absolute atomic E-state index is 0.186. The fourth-order valence-corrected chi connectivity index (χ4v) is 2.35. The van der Waals surface area contributed by atoms with Crippen molar-refractivity contribution in [2.45, 2.75) is 19.8 Å². The number of hydrogen-bond acceptors (Lipinski definition) is 5. The number of nitrogens with one attached hydrogen (secondary N) is 2. The Balaban J connectivity index is 1.53. The number of fused-ring (bicyclic) bond motifs is 1. The van der Waals surface area contributed by atoms with Crippen LogP contribution in [-0.2, 0) is 9.59 Å². The summed E-state index contributed by atoms with van der Waals surface area (Å²) in [6.07, 6.45) is 1.42. The summed E-state index contributed by atoms with van der Waals surface area (Å²) in [5, 5.41) is 6.31. The number of nitrogens with zero attached hydrogens (tertiary/aromatic N) is 1. The molecule has 26 heavy (non-hydrogen) atoms. The Morgan fingerprint density at radius 2 is 1.77 bits per heavy atom. The molecule has 0 bridgehead atoms. The van der Waals surface area contributed by atoms with Gasteiger partial charge in [0.1, 0.15) is 0 Å². The van der Waals surface area contributed by atoms with E-state index in [9.17, 15) is 9.59 Å². The predicted octanol–water partition coefficient (Wildman–Crippen LogP) is 2.63. The van der Waals surface area contributed by atoms with Gasteiger partial charge in [0.2, 0.25) is 6.79 Å². The van der Waals surface area contributed by atoms with Crippen LogP contribution in [-0.4, -0.2) is 24.8 Å². The second-order valence-electron chi connectivity index (χ2n) is 6.04. The standard InChI is InChI=1S/C19H19N3O4/c1-12(2)14-4-6-15(7-5-14)21-18(23)19(24)22-20-10-13-3-8-16-17(9-13)26-11-25-16/h3-10,12H,11H2,1-2H3,(H,21,23)(H,22,24)/b20-10+. The minimum Gasteiger partial charge on any atom is -0.454 e. The Hall–Kier alpha value is -3.35. The molecule has 0 aliphatic carbocycles. The lowest BCUT2D eigenvalue weighted by Gasteiger charge is -2.07. The van der Waals surface area contributed by atoms with Crippen LogP contribution in [0.4, 0.5) is 5.69 Å². The van der Waals surface area contributed by atoms with Gasteiger partial charge in [0, 0.05) is 5.69 Å². The molecule has 134 valence electrons. The van der Waals surface area contributed by atoms with Gasteiger partial charge >= 0.3 is 11.8 Å². The summed E-state index contributed by atoms with van der Waals surface area (Å²) < 4.78 is 10.5. The first kappa shape index (κ1) is 17.5. The predicted molar refractivity (Wildman–Crippen MR) is 97.5 cm³/mol. The van der Waals surface area contributed by atoms with Gasteiger partial charge in [-0.25, -0.2) is 5.43 Å². The molecule has 1 aliphatic heterocycles. The van der Waals surface area contributed by atoms with Gasteiger partial charge in [0.05, 0.1) is 6.21 Å². The first-order chi connectivity index (χ1) is 12.5. The number of ether oxygens (including phenoxy) is 2. The van der Waals surface area contributed by atoms with E-state index in [1.54, 1.807) is 30.3 Å². The molecule has 0 fully saturated rings. The third-order valence-electron chi connectivity index (χ3n) is 3.82. The fourth-order valence-electron chi connectivity index (χ4n) is 2.35. The highest BCUT2D eigenvalue weighted by atomic mass is 16.7. The van der Waals surface area contributed by atoms with Crippen molar-refractivity contribution in [3.63, 3.8) is 0 Å². The second kappa shape index (κ2) is 7.69. The van der Waals surface area contributed by atoms with Crippen LogP contribution in [0, 0.1) is 0 Å². The zero-order valence-electron chi connectivity index (χ0n) is 14.5. The molecule has 3 rings (SSSR count). The van der Waals surface area contributed by atoms with Gasteiger partial charge in [0.15, 0.2) is 11.5 Å². The SMILES string of the molecule is CC(C)c1ccc(NC(=O)C(=O)N/N=C/c2ccc3c(c2)OCO3)cc1. The number of carbonyl (C=O) groups excluding carboxylic acids is 2. The quantitative estimate of drug-likeness (QED) is 0.502. The fraction of sp³-hybridized carbons (Fsp3) is 0.211. The molecule has 2 aromatic rings. The maximum absolute atomic E-state index is 11.9. The van der Waals surface area contributed by atoms with Crippen molar-refractivity contribution in [3.8, 4) is 11.5 Å². The molecule has 2 aromatic carbocycles. The van der Waals surface area contributed by atoms with E-state index in [1.807, 2.05) is 12.1 Å². The molecule has 0 unspecified atom stereocenters. The minimum atomic E-state index is -0.852. The Morgan fingerprint density at radius 1 is 1.04 bits per heavy atom. The summed E-state index contributed by atoms with van der Waals surface area (Å²) in [6.45, 7) is 4.35. The van der Waals surface area contributed by atoms with E-state index in [0.29, 0.717) is 28.7 Å². The van der Waals surface area contributed by atoms with Gasteiger partial charge in [-0.3, -0.25) is 9.59 Å². The van der Waals surface area contributed by atoms with Gasteiger partial charge < -0.3 is 14.8 Å². The molecule has 2 N–H and O–H groups in total. The van der Waals surface area contributed by atoms with Crippen LogP contribution in [0.1, 0.15) is 30.9 Å². The third-order valence-corrected chi connectivity index (χ3v) is 3.82. The van der Waals surface area contributed by atoms with Gasteiger partial charge in [-0.2, -0.15) is 5.10 Å². The zero-order valence-corrected chi connectivity index (χ0v) is 14.5. The monoisotopic (exact) mass is 353 g/mol. The van der Waals surface area contributed by atoms with E-state index in [-0.39, 0.29) is 6.79 Å². The Labute approximate surface area is 151 Å². The van der Waals surface area contributed by atoms with Crippen molar-refractivity contribution in [3.05, 3.63) is 53.6 Å². The highest BCUT2D eigenvalue weighted by Gasteiger charge is 2.14. The molecule has 0 aromatic heterocycles. The topological polar surface area (TPSA) is 89.0 Å². The van der Waals surface area contributed by atoms with Crippen molar-refractivity contribution in [1.82, 2.24) is 5.43 Å². The van der Waals surface area contributed by atoms with Gasteiger partial charge in [-0.15, -0.1) is 0 Å². The van der Waals surface area contributed by atoms with Crippen LogP contribution < -0.4 is 20.2 Å². The van der Waals surface area contributed by atoms with Crippen LogP contribution in [0.2, 0.25) is 0 Å². The lowest BCUT2D eigenvalue weighted by molar-refractivity contribution is -0.136. The number of carbonyl (C=O) groups is 2. The number of hydrogen-bond donors (Lipinski definition) is 2. The molecular weight excluding hydrogens is 334 g/mol. The lowest BCUT2D eigenvalue weighted by Crippen LogP contribution is -2.32. The molecule has 1 heterocycles. The van der Waals surface area contributed by atoms with Gasteiger partial charge in [-0.05, 0) is 47.4 Å². The third kappa shape index (κ3) is 4.18. The summed E-state index contributed by atoms with van der Waals surface area (Å²) >= 11 is 0. The smallest absolute Gasteiger partial charge is 0.329 e. The molecule has 7 nitrogen and oxygen atoms in total. The largest absolute Gasteiger partial charge is 0.454 e. The average Bonchev–Trinajstić information content (AvgIpc) is 3.09. The Morgan fingerprint density at radius 3 is 2.50 bits per heavy atom. The van der Waals surface area contributed by atoms with E-state index in [4.69, 9.17) is 9.47 Å². The maximum atomic E-state index is 11.9. The zero-order chi connectivity index (χ0) is 18.5. The summed E-state index contributed by atoms with van der Waals surface area (Å²) in [5.74, 6) is 0.0329. The lowest BCUT2D eigenvalue weighted by atomic mass is 10.0. The first-order valence-corrected chi connectivity index (χ1v) is 8.17. The average molecular weight is 353 g/mol. The molecule has 0 spiro atoms. The summed E-state index contributed by atoms with van der Waals surface area (Å²) in [4.78, 5) is 23.7. The first-order valence-electron chi connectivity index (χ1n) is 8.17. The van der Waals surface area contributed by atoms with E-state index >= 15 is 0 Å². The van der Waals surface area contributed by atoms with Crippen molar-refractivity contribution in [2.24, 2.45) is 5.10 Å². The molecule has 1 aliphatic rings. The van der Waals surface area contributed by atoms with Crippen LogP contribution >= 0.6 is 0 Å². The van der Waals surface area contributed by atoms with Crippen molar-refractivity contribution in [1.29, 1.82) is 0 Å². The van der Waals surface area contributed by atoms with Gasteiger partial charge in [-0.1, -0.05) is 26.0 Å². The molecule has 0 atom stereocenters. The Kier molecular flexibility index (Phi) is 5.17. The van der Waals surface area contributed by atoms with Gasteiger partial charge in [0.25, 0.3) is 0 Å². The van der Waals surface area contributed by atoms with Crippen LogP contribution in [0.3, 0.4) is 0 Å². The highest BCUT2D eigenvalue weighted by molar-refractivity contribution is 6.39. The number of anilines is 1. The normalized spacial score (nSPS) is 12.4. The van der Waals surface area contributed by atoms with Crippen LogP contribution in [0.25, 0.3) is 0 Å². The summed E-state index contributed by atoms with van der Waals surface area (Å²) in [5.41, 5.74) is 4.61.